The first-order chi connectivity index (χ1) is 9.60. The molecule has 2 N–H and O–H groups in total. The molecule has 0 bridgehead atoms. The van der Waals surface area contributed by atoms with E-state index in [1.807, 2.05) is 6.07 Å². The third-order valence-electron chi connectivity index (χ3n) is 2.41. The second kappa shape index (κ2) is 6.41. The van der Waals surface area contributed by atoms with Crippen LogP contribution in [-0.4, -0.2) is 26.3 Å². The Morgan fingerprint density at radius 1 is 1.60 bits per heavy atom. The highest BCUT2D eigenvalue weighted by Crippen LogP contribution is 2.23. The summed E-state index contributed by atoms with van der Waals surface area (Å²) in [7, 11) is 0. The first kappa shape index (κ1) is 14.4. The van der Waals surface area contributed by atoms with E-state index in [4.69, 9.17) is 16.9 Å². The Bertz CT molecular complexity index is 652. The van der Waals surface area contributed by atoms with Gasteiger partial charge in [0.1, 0.15) is 12.4 Å². The van der Waals surface area contributed by atoms with Gasteiger partial charge in [0.2, 0.25) is 5.91 Å². The lowest BCUT2D eigenvalue weighted by Crippen LogP contribution is -2.22. The number of hydrogen-bond acceptors (Lipinski definition) is 5. The number of carbonyl (C=O) groups excluding carboxylic acids is 1. The number of aromatic amines is 1. The fraction of sp³-hybridized carbons (Fsp3) is 0.167. The number of anilines is 1. The van der Waals surface area contributed by atoms with Gasteiger partial charge in [-0.15, -0.1) is 0 Å². The van der Waals surface area contributed by atoms with E-state index in [9.17, 15) is 4.79 Å². The Morgan fingerprint density at radius 3 is 3.00 bits per heavy atom. The molecule has 6 nitrogen and oxygen atoms in total. The Hall–Kier alpha value is -2.04. The molecule has 8 heteroatoms. The number of nitrogens with zero attached hydrogens (tertiary/aromatic N) is 3. The highest BCUT2D eigenvalue weighted by atomic mass is 35.5. The maximum Gasteiger partial charge on any atom is 0.237 e. The molecule has 0 aliphatic carbocycles. The number of nitrogens with one attached hydrogen (secondary N) is 2. The average molecular weight is 308 g/mol. The predicted molar refractivity (Wildman–Crippen MR) is 76.5 cm³/mol. The van der Waals surface area contributed by atoms with Crippen molar-refractivity contribution in [2.75, 3.05) is 5.32 Å². The molecule has 1 heterocycles. The quantitative estimate of drug-likeness (QED) is 0.846. The predicted octanol–water partition coefficient (Wildman–Crippen LogP) is 2.45. The molecule has 2 aromatic rings. The standard InChI is InChI=1S/C12H10ClN5OS/c1-7(20-12-15-6-16-18-12)11(19)17-9-3-2-8(5-14)10(13)4-9/h2-4,6-7H,1H3,(H,17,19)(H,15,16,18)/t7-/m0/s1. The van der Waals surface area contributed by atoms with E-state index in [1.54, 1.807) is 25.1 Å². The van der Waals surface area contributed by atoms with Gasteiger partial charge in [0.25, 0.3) is 0 Å². The van der Waals surface area contributed by atoms with Gasteiger partial charge in [-0.05, 0) is 25.1 Å². The van der Waals surface area contributed by atoms with E-state index >= 15 is 0 Å². The van der Waals surface area contributed by atoms with Crippen LogP contribution in [0.5, 0.6) is 0 Å². The van der Waals surface area contributed by atoms with Crippen LogP contribution in [0.25, 0.3) is 0 Å². The Morgan fingerprint density at radius 2 is 2.40 bits per heavy atom. The van der Waals surface area contributed by atoms with Gasteiger partial charge in [-0.1, -0.05) is 23.4 Å². The molecule has 20 heavy (non-hydrogen) atoms. The smallest absolute Gasteiger partial charge is 0.237 e. The summed E-state index contributed by atoms with van der Waals surface area (Å²) >= 11 is 7.17. The van der Waals surface area contributed by atoms with Crippen LogP contribution in [-0.2, 0) is 4.79 Å². The number of carbonyl (C=O) groups is 1. The summed E-state index contributed by atoms with van der Waals surface area (Å²) in [6.45, 7) is 1.76. The van der Waals surface area contributed by atoms with Crippen molar-refractivity contribution in [1.82, 2.24) is 15.2 Å². The van der Waals surface area contributed by atoms with E-state index in [1.165, 1.54) is 18.1 Å². The lowest BCUT2D eigenvalue weighted by molar-refractivity contribution is -0.115. The molecule has 1 aromatic carbocycles. The molecule has 1 atom stereocenters. The van der Waals surface area contributed by atoms with E-state index in [0.717, 1.165) is 0 Å². The second-order valence-corrected chi connectivity index (χ2v) is 5.58. The second-order valence-electron chi connectivity index (χ2n) is 3.85. The molecule has 1 amide bonds. The summed E-state index contributed by atoms with van der Waals surface area (Å²) < 4.78 is 0. The topological polar surface area (TPSA) is 94.5 Å². The molecule has 0 saturated heterocycles. The van der Waals surface area contributed by atoms with Crippen molar-refractivity contribution < 1.29 is 4.79 Å². The highest BCUT2D eigenvalue weighted by Gasteiger charge is 2.16. The minimum atomic E-state index is -0.350. The Balaban J connectivity index is 2.00. The Kier molecular flexibility index (Phi) is 4.61. The molecule has 0 unspecified atom stereocenters. The van der Waals surface area contributed by atoms with Crippen LogP contribution in [0.3, 0.4) is 0 Å². The van der Waals surface area contributed by atoms with Crippen molar-refractivity contribution in [3.63, 3.8) is 0 Å². The van der Waals surface area contributed by atoms with E-state index < -0.39 is 0 Å². The SMILES string of the molecule is C[C@H](Sc1ncn[nH]1)C(=O)Nc1ccc(C#N)c(Cl)c1. The molecule has 2 rings (SSSR count). The number of H-pyrrole nitrogens is 1. The third kappa shape index (κ3) is 3.50. The summed E-state index contributed by atoms with van der Waals surface area (Å²) in [6, 6.07) is 6.70. The molecular weight excluding hydrogens is 298 g/mol. The molecule has 0 aliphatic heterocycles. The van der Waals surface area contributed by atoms with Gasteiger partial charge in [-0.3, -0.25) is 9.89 Å². The third-order valence-corrected chi connectivity index (χ3v) is 3.71. The number of thioether (sulfide) groups is 1. The van der Waals surface area contributed by atoms with Gasteiger partial charge in [0.05, 0.1) is 15.8 Å². The molecule has 1 aromatic heterocycles. The van der Waals surface area contributed by atoms with Gasteiger partial charge in [-0.2, -0.15) is 10.4 Å². The molecule has 0 aliphatic rings. The van der Waals surface area contributed by atoms with Crippen LogP contribution in [0.15, 0.2) is 29.7 Å². The Labute approximate surface area is 124 Å². The van der Waals surface area contributed by atoms with Crippen molar-refractivity contribution in [3.05, 3.63) is 35.1 Å². The zero-order valence-corrected chi connectivity index (χ0v) is 12.0. The number of aromatic nitrogens is 3. The maximum atomic E-state index is 12.0. The van der Waals surface area contributed by atoms with E-state index in [-0.39, 0.29) is 11.2 Å². The summed E-state index contributed by atoms with van der Waals surface area (Å²) in [5, 5.41) is 18.4. The van der Waals surface area contributed by atoms with Crippen molar-refractivity contribution >= 4 is 35.0 Å². The van der Waals surface area contributed by atoms with Gasteiger partial charge >= 0.3 is 0 Å². The number of halogens is 1. The maximum absolute atomic E-state index is 12.0. The van der Waals surface area contributed by atoms with Crippen LogP contribution in [0.1, 0.15) is 12.5 Å². The minimum absolute atomic E-state index is 0.188. The van der Waals surface area contributed by atoms with Crippen LogP contribution < -0.4 is 5.32 Å². The zero-order chi connectivity index (χ0) is 14.5. The monoisotopic (exact) mass is 307 g/mol. The van der Waals surface area contributed by atoms with E-state index in [2.05, 4.69) is 20.5 Å². The molecular formula is C12H10ClN5OS. The van der Waals surface area contributed by atoms with Gasteiger partial charge in [-0.25, -0.2) is 4.98 Å². The van der Waals surface area contributed by atoms with Gasteiger partial charge in [0.15, 0.2) is 5.16 Å². The molecule has 102 valence electrons. The number of rotatable bonds is 4. The van der Waals surface area contributed by atoms with Gasteiger partial charge < -0.3 is 5.32 Å². The zero-order valence-electron chi connectivity index (χ0n) is 10.4. The minimum Gasteiger partial charge on any atom is -0.325 e. The fourth-order valence-electron chi connectivity index (χ4n) is 1.40. The van der Waals surface area contributed by atoms with Crippen molar-refractivity contribution in [2.24, 2.45) is 0 Å². The normalized spacial score (nSPS) is 11.7. The first-order valence-corrected chi connectivity index (χ1v) is 6.88. The van der Waals surface area contributed by atoms with E-state index in [0.29, 0.717) is 21.4 Å². The first-order valence-electron chi connectivity index (χ1n) is 5.62. The number of nitriles is 1. The van der Waals surface area contributed by atoms with Crippen molar-refractivity contribution in [3.8, 4) is 6.07 Å². The number of hydrogen-bond donors (Lipinski definition) is 2. The largest absolute Gasteiger partial charge is 0.325 e. The fourth-order valence-corrected chi connectivity index (χ4v) is 2.34. The van der Waals surface area contributed by atoms with Crippen LogP contribution in [0, 0.1) is 11.3 Å². The van der Waals surface area contributed by atoms with Crippen molar-refractivity contribution in [1.29, 1.82) is 5.26 Å². The summed E-state index contributed by atoms with van der Waals surface area (Å²) in [6.07, 6.45) is 1.38. The van der Waals surface area contributed by atoms with Crippen molar-refractivity contribution in [2.45, 2.75) is 17.3 Å². The molecule has 0 saturated carbocycles. The highest BCUT2D eigenvalue weighted by molar-refractivity contribution is 8.00. The summed E-state index contributed by atoms with van der Waals surface area (Å²) in [5.41, 5.74) is 0.915. The molecule has 0 fully saturated rings. The van der Waals surface area contributed by atoms with Crippen LogP contribution >= 0.6 is 23.4 Å². The average Bonchev–Trinajstić information content (AvgIpc) is 2.91. The van der Waals surface area contributed by atoms with Gasteiger partial charge in [0, 0.05) is 5.69 Å². The lowest BCUT2D eigenvalue weighted by Gasteiger charge is -2.10. The lowest BCUT2D eigenvalue weighted by atomic mass is 10.2. The number of amides is 1. The summed E-state index contributed by atoms with van der Waals surface area (Å²) in [5.74, 6) is -0.188. The van der Waals surface area contributed by atoms with Crippen LogP contribution in [0.4, 0.5) is 5.69 Å². The molecule has 0 radical (unpaired) electrons. The summed E-state index contributed by atoms with van der Waals surface area (Å²) in [4.78, 5) is 15.9. The number of benzene rings is 1. The molecule has 0 spiro atoms. The van der Waals surface area contributed by atoms with Crippen LogP contribution in [0.2, 0.25) is 5.02 Å².